The second kappa shape index (κ2) is 8.50. The Labute approximate surface area is 180 Å². The lowest BCUT2D eigenvalue weighted by atomic mass is 10.1. The number of benzene rings is 2. The van der Waals surface area contributed by atoms with Crippen LogP contribution in [-0.4, -0.2) is 27.9 Å². The van der Waals surface area contributed by atoms with Gasteiger partial charge in [0.2, 0.25) is 5.88 Å². The molecule has 0 fully saturated rings. The van der Waals surface area contributed by atoms with Crippen LogP contribution in [0.3, 0.4) is 0 Å². The first kappa shape index (κ1) is 21.0. The van der Waals surface area contributed by atoms with Crippen LogP contribution in [0.4, 0.5) is 24.7 Å². The molecule has 0 aliphatic rings. The molecule has 0 bridgehead atoms. The molecule has 0 unspecified atom stereocenters. The van der Waals surface area contributed by atoms with Gasteiger partial charge < -0.3 is 15.4 Å². The van der Waals surface area contributed by atoms with Crippen molar-refractivity contribution in [2.24, 2.45) is 0 Å². The minimum Gasteiger partial charge on any atom is -0.439 e. The molecule has 0 saturated heterocycles. The van der Waals surface area contributed by atoms with Crippen molar-refractivity contribution in [3.63, 3.8) is 0 Å². The third kappa shape index (κ3) is 4.59. The molecule has 4 rings (SSSR count). The summed E-state index contributed by atoms with van der Waals surface area (Å²) in [4.78, 5) is 24.9. The number of anilines is 2. The molecule has 2 aromatic carbocycles. The number of ether oxygens (including phenoxy) is 1. The van der Waals surface area contributed by atoms with E-state index in [4.69, 9.17) is 4.74 Å². The van der Waals surface area contributed by atoms with Crippen molar-refractivity contribution in [2.75, 3.05) is 17.7 Å². The molecule has 4 aromatic rings. The van der Waals surface area contributed by atoms with Crippen LogP contribution in [0.1, 0.15) is 15.9 Å². The summed E-state index contributed by atoms with van der Waals surface area (Å²) < 4.78 is 44.5. The number of fused-ring (bicyclic) bond motifs is 1. The van der Waals surface area contributed by atoms with Gasteiger partial charge in [0.1, 0.15) is 17.9 Å². The van der Waals surface area contributed by atoms with Crippen molar-refractivity contribution in [2.45, 2.75) is 6.18 Å². The van der Waals surface area contributed by atoms with E-state index in [1.165, 1.54) is 24.7 Å². The highest BCUT2D eigenvalue weighted by Crippen LogP contribution is 2.31. The molecule has 0 atom stereocenters. The number of aromatic nitrogens is 3. The van der Waals surface area contributed by atoms with Crippen molar-refractivity contribution < 1.29 is 22.7 Å². The Bertz CT molecular complexity index is 1290. The van der Waals surface area contributed by atoms with Crippen molar-refractivity contribution in [3.05, 3.63) is 78.4 Å². The van der Waals surface area contributed by atoms with Crippen molar-refractivity contribution in [3.8, 4) is 11.6 Å². The van der Waals surface area contributed by atoms with Crippen LogP contribution < -0.4 is 15.4 Å². The van der Waals surface area contributed by atoms with Gasteiger partial charge in [-0.3, -0.25) is 9.78 Å². The minimum atomic E-state index is -4.50. The average Bonchev–Trinajstić information content (AvgIpc) is 2.78. The Morgan fingerprint density at radius 1 is 1.03 bits per heavy atom. The van der Waals surface area contributed by atoms with Crippen LogP contribution in [0, 0.1) is 0 Å². The second-order valence-corrected chi connectivity index (χ2v) is 6.70. The maximum absolute atomic E-state index is 12.9. The number of hydrogen-bond donors (Lipinski definition) is 2. The number of carbonyl (C=O) groups excluding carboxylic acids is 1. The summed E-state index contributed by atoms with van der Waals surface area (Å²) in [5, 5.41) is 6.56. The Morgan fingerprint density at radius 3 is 2.66 bits per heavy atom. The second-order valence-electron chi connectivity index (χ2n) is 6.70. The molecule has 0 aliphatic carbocycles. The lowest BCUT2D eigenvalue weighted by Crippen LogP contribution is -2.14. The number of pyridine rings is 1. The summed E-state index contributed by atoms with van der Waals surface area (Å²) in [5.74, 6) is 0.808. The number of halogens is 3. The van der Waals surface area contributed by atoms with Crippen molar-refractivity contribution in [1.29, 1.82) is 0 Å². The monoisotopic (exact) mass is 439 g/mol. The zero-order valence-corrected chi connectivity index (χ0v) is 16.6. The predicted octanol–water partition coefficient (Wildman–Crippen LogP) is 5.13. The normalized spacial score (nSPS) is 11.2. The van der Waals surface area contributed by atoms with Crippen LogP contribution >= 0.6 is 0 Å². The largest absolute Gasteiger partial charge is 0.439 e. The highest BCUT2D eigenvalue weighted by Gasteiger charge is 2.30. The van der Waals surface area contributed by atoms with Gasteiger partial charge in [0, 0.05) is 36.6 Å². The third-order valence-corrected chi connectivity index (χ3v) is 4.54. The predicted molar refractivity (Wildman–Crippen MR) is 113 cm³/mol. The summed E-state index contributed by atoms with van der Waals surface area (Å²) >= 11 is 0. The molecule has 1 amide bonds. The number of amides is 1. The molecule has 2 N–H and O–H groups in total. The summed E-state index contributed by atoms with van der Waals surface area (Å²) in [6.07, 6.45) is -0.229. The maximum atomic E-state index is 12.9. The molecule has 2 aromatic heterocycles. The number of carbonyl (C=O) groups is 1. The lowest BCUT2D eigenvalue weighted by Gasteiger charge is -2.11. The number of rotatable bonds is 5. The average molecular weight is 439 g/mol. The van der Waals surface area contributed by atoms with Crippen LogP contribution in [0.2, 0.25) is 0 Å². The van der Waals surface area contributed by atoms with E-state index in [0.717, 1.165) is 12.1 Å². The molecule has 0 spiro atoms. The molecule has 2 heterocycles. The fourth-order valence-electron chi connectivity index (χ4n) is 3.02. The van der Waals surface area contributed by atoms with E-state index in [1.807, 2.05) is 0 Å². The first-order valence-electron chi connectivity index (χ1n) is 9.37. The van der Waals surface area contributed by atoms with E-state index in [9.17, 15) is 18.0 Å². The topological polar surface area (TPSA) is 89.0 Å². The molecule has 0 radical (unpaired) electrons. The standard InChI is InChI=1S/C22H16F3N5O2/c1-26-19-9-20(29-12-28-19)32-16-5-6-17-13(7-16)10-27-11-18(17)21(31)30-15-4-2-3-14(8-15)22(23,24)25/h2-12H,1H3,(H,30,31)(H,26,28,29). The van der Waals surface area contributed by atoms with Gasteiger partial charge in [-0.1, -0.05) is 6.07 Å². The van der Waals surface area contributed by atoms with Crippen LogP contribution in [0.15, 0.2) is 67.3 Å². The van der Waals surface area contributed by atoms with Gasteiger partial charge in [-0.25, -0.2) is 9.97 Å². The Kier molecular flexibility index (Phi) is 5.59. The highest BCUT2D eigenvalue weighted by atomic mass is 19.4. The van der Waals surface area contributed by atoms with Crippen LogP contribution in [0.5, 0.6) is 11.6 Å². The Balaban J connectivity index is 1.59. The van der Waals surface area contributed by atoms with Gasteiger partial charge in [0.05, 0.1) is 11.1 Å². The van der Waals surface area contributed by atoms with E-state index in [0.29, 0.717) is 28.2 Å². The number of alkyl halides is 3. The summed E-state index contributed by atoms with van der Waals surface area (Å²) in [7, 11) is 1.72. The summed E-state index contributed by atoms with van der Waals surface area (Å²) in [6.45, 7) is 0. The highest BCUT2D eigenvalue weighted by molar-refractivity contribution is 6.12. The maximum Gasteiger partial charge on any atom is 0.416 e. The zero-order valence-electron chi connectivity index (χ0n) is 16.6. The fourth-order valence-corrected chi connectivity index (χ4v) is 3.02. The molecule has 32 heavy (non-hydrogen) atoms. The molecule has 162 valence electrons. The molecule has 0 saturated carbocycles. The van der Waals surface area contributed by atoms with E-state index in [2.05, 4.69) is 25.6 Å². The fraction of sp³-hybridized carbons (Fsp3) is 0.0909. The zero-order chi connectivity index (χ0) is 22.7. The van der Waals surface area contributed by atoms with Crippen molar-refractivity contribution in [1.82, 2.24) is 15.0 Å². The van der Waals surface area contributed by atoms with Crippen LogP contribution in [0.25, 0.3) is 10.8 Å². The quantitative estimate of drug-likeness (QED) is 0.448. The van der Waals surface area contributed by atoms with E-state index in [-0.39, 0.29) is 11.3 Å². The molecular formula is C22H16F3N5O2. The van der Waals surface area contributed by atoms with Gasteiger partial charge in [0.15, 0.2) is 0 Å². The van der Waals surface area contributed by atoms with Gasteiger partial charge in [-0.2, -0.15) is 13.2 Å². The van der Waals surface area contributed by atoms with Gasteiger partial charge >= 0.3 is 6.18 Å². The first-order chi connectivity index (χ1) is 15.3. The van der Waals surface area contributed by atoms with Gasteiger partial charge in [-0.05, 0) is 41.8 Å². The van der Waals surface area contributed by atoms with Gasteiger partial charge in [0.25, 0.3) is 5.91 Å². The van der Waals surface area contributed by atoms with Gasteiger partial charge in [-0.15, -0.1) is 0 Å². The lowest BCUT2D eigenvalue weighted by molar-refractivity contribution is -0.137. The number of hydrogen-bond acceptors (Lipinski definition) is 6. The summed E-state index contributed by atoms with van der Waals surface area (Å²) in [5.41, 5.74) is -0.601. The molecule has 7 nitrogen and oxygen atoms in total. The van der Waals surface area contributed by atoms with E-state index < -0.39 is 17.6 Å². The Morgan fingerprint density at radius 2 is 1.88 bits per heavy atom. The molecule has 10 heteroatoms. The van der Waals surface area contributed by atoms with Crippen molar-refractivity contribution >= 4 is 28.2 Å². The Hall–Kier alpha value is -4.21. The third-order valence-electron chi connectivity index (χ3n) is 4.54. The molecular weight excluding hydrogens is 423 g/mol. The minimum absolute atomic E-state index is 0.0332. The smallest absolute Gasteiger partial charge is 0.416 e. The SMILES string of the molecule is CNc1cc(Oc2ccc3c(C(=O)Nc4cccc(C(F)(F)F)c4)cncc3c2)ncn1. The molecule has 0 aliphatic heterocycles. The van der Waals surface area contributed by atoms with Crippen LogP contribution in [-0.2, 0) is 6.18 Å². The summed E-state index contributed by atoms with van der Waals surface area (Å²) in [6, 6.07) is 11.1. The first-order valence-corrected chi connectivity index (χ1v) is 9.37. The van der Waals surface area contributed by atoms with E-state index in [1.54, 1.807) is 37.5 Å². The van der Waals surface area contributed by atoms with E-state index >= 15 is 0 Å². The number of nitrogens with one attached hydrogen (secondary N) is 2. The number of nitrogens with zero attached hydrogens (tertiary/aromatic N) is 3.